The Kier molecular flexibility index (Phi) is 11.9. The first-order valence-electron chi connectivity index (χ1n) is 26.0. The number of aromatic amines is 2. The summed E-state index contributed by atoms with van der Waals surface area (Å²) in [6, 6.07) is 20.6. The number of benzene rings is 3. The van der Waals surface area contributed by atoms with Crippen molar-refractivity contribution in [2.24, 2.45) is 28.1 Å². The molecule has 4 atom stereocenters. The van der Waals surface area contributed by atoms with E-state index in [4.69, 9.17) is 19.4 Å². The Hall–Kier alpha value is -6.44. The molecule has 0 radical (unpaired) electrons. The van der Waals surface area contributed by atoms with Gasteiger partial charge in [0.2, 0.25) is 11.8 Å². The van der Waals surface area contributed by atoms with Gasteiger partial charge in [-0.2, -0.15) is 0 Å². The van der Waals surface area contributed by atoms with Crippen LogP contribution in [0, 0.1) is 28.1 Å². The molecule has 14 nitrogen and oxygen atoms in total. The van der Waals surface area contributed by atoms with Crippen LogP contribution in [0.2, 0.25) is 0 Å². The maximum atomic E-state index is 14.0. The number of nitrogens with zero attached hydrogens (tertiary/aromatic N) is 4. The highest BCUT2D eigenvalue weighted by atomic mass is 16.5. The summed E-state index contributed by atoms with van der Waals surface area (Å²) in [5.74, 6) is 1.17. The first-order valence-corrected chi connectivity index (χ1v) is 26.0. The zero-order valence-corrected chi connectivity index (χ0v) is 42.0. The molecule has 0 unspecified atom stereocenters. The molecule has 3 aromatic carbocycles. The van der Waals surface area contributed by atoms with Crippen molar-refractivity contribution in [1.29, 1.82) is 0 Å². The number of H-pyrrole nitrogens is 2. The summed E-state index contributed by atoms with van der Waals surface area (Å²) in [6.07, 6.45) is 15.9. The smallest absolute Gasteiger partial charge is 0.407 e. The lowest BCUT2D eigenvalue weighted by atomic mass is 9.82. The summed E-state index contributed by atoms with van der Waals surface area (Å²) < 4.78 is 9.73. The Morgan fingerprint density at radius 2 is 0.944 bits per heavy atom. The van der Waals surface area contributed by atoms with E-state index >= 15 is 0 Å². The van der Waals surface area contributed by atoms with Crippen molar-refractivity contribution in [2.45, 2.75) is 129 Å². The summed E-state index contributed by atoms with van der Waals surface area (Å²) >= 11 is 0. The number of carbonyl (C=O) groups excluding carboxylic acids is 4. The molecule has 2 aromatic heterocycles. The Labute approximate surface area is 416 Å². The highest BCUT2D eigenvalue weighted by Gasteiger charge is 2.56. The zero-order valence-electron chi connectivity index (χ0n) is 42.0. The fourth-order valence-electron chi connectivity index (χ4n) is 12.8. The molecule has 2 saturated heterocycles. The van der Waals surface area contributed by atoms with Gasteiger partial charge < -0.3 is 39.9 Å². The second-order valence-electron chi connectivity index (χ2n) is 22.8. The van der Waals surface area contributed by atoms with Crippen LogP contribution in [0.3, 0.4) is 0 Å². The molecule has 4 aliphatic carbocycles. The minimum Gasteiger partial charge on any atom is -0.453 e. The van der Waals surface area contributed by atoms with Crippen molar-refractivity contribution >= 4 is 24.0 Å². The van der Waals surface area contributed by atoms with E-state index in [0.717, 1.165) is 85.5 Å². The molecule has 6 aliphatic rings. The van der Waals surface area contributed by atoms with Crippen molar-refractivity contribution < 1.29 is 28.7 Å². The Balaban J connectivity index is 0.824. The van der Waals surface area contributed by atoms with E-state index in [2.05, 4.69) is 81.3 Å². The van der Waals surface area contributed by atoms with Crippen LogP contribution in [0.1, 0.15) is 127 Å². The third-order valence-corrected chi connectivity index (χ3v) is 17.3. The fraction of sp³-hybridized carbons (Fsp3) is 0.509. The summed E-state index contributed by atoms with van der Waals surface area (Å²) in [5.41, 5.74) is 12.4. The van der Waals surface area contributed by atoms with Gasteiger partial charge in [0, 0.05) is 13.1 Å². The minimum atomic E-state index is -0.683. The van der Waals surface area contributed by atoms with Gasteiger partial charge in [-0.05, 0) is 137 Å². The molecule has 372 valence electrons. The Morgan fingerprint density at radius 1 is 0.563 bits per heavy atom. The number of alkyl carbamates (subject to hydrolysis) is 2. The molecule has 5 fully saturated rings. The summed E-state index contributed by atoms with van der Waals surface area (Å²) in [7, 11) is 2.64. The number of rotatable bonds is 12. The van der Waals surface area contributed by atoms with E-state index in [1.165, 1.54) is 73.3 Å². The van der Waals surface area contributed by atoms with Crippen LogP contribution in [0.4, 0.5) is 9.59 Å². The van der Waals surface area contributed by atoms with E-state index in [1.807, 2.05) is 49.9 Å². The van der Waals surface area contributed by atoms with Crippen LogP contribution >= 0.6 is 0 Å². The van der Waals surface area contributed by atoms with E-state index < -0.39 is 24.3 Å². The molecule has 11 rings (SSSR count). The van der Waals surface area contributed by atoms with Crippen LogP contribution in [0.25, 0.3) is 44.8 Å². The maximum Gasteiger partial charge on any atom is 0.407 e. The third-order valence-electron chi connectivity index (χ3n) is 17.3. The van der Waals surface area contributed by atoms with Crippen molar-refractivity contribution in [2.75, 3.05) is 27.3 Å². The second-order valence-corrected chi connectivity index (χ2v) is 22.8. The summed E-state index contributed by atoms with van der Waals surface area (Å²) in [4.78, 5) is 73.3. The molecular formula is C57H68N8O6. The van der Waals surface area contributed by atoms with Crippen LogP contribution < -0.4 is 10.6 Å². The van der Waals surface area contributed by atoms with Crippen molar-refractivity contribution in [3.63, 3.8) is 0 Å². The number of amides is 4. The lowest BCUT2D eigenvalue weighted by Crippen LogP contribution is -2.51. The number of fused-ring (bicyclic) bond motifs is 1. The predicted octanol–water partition coefficient (Wildman–Crippen LogP) is 10.3. The monoisotopic (exact) mass is 961 g/mol. The van der Waals surface area contributed by atoms with Crippen LogP contribution in [0.15, 0.2) is 73.1 Å². The first-order chi connectivity index (χ1) is 34.2. The molecule has 4 N–H and O–H groups in total. The number of nitrogens with one attached hydrogen (secondary N) is 4. The standard InChI is InChI=1S/C57H68N8O6/c1-33(2)47(62-53(68)70-5)51(66)64-31-56(21-22-56)27-45(64)49-58-29-43(60-49)37-13-9-35(10-14-37)39-17-18-40(42-26-55(25-41(39)42)19-7-8-20-55)36-11-15-38(16-12-36)44-30-59-50(61-44)46-28-57(23-24-57)32-65(46)52(67)48(34(3)4)63-54(69)71-6/h9-18,29-30,33-34,45-48H,7-8,19-28,31-32H2,1-6H3,(H,58,60)(H,59,61)(H,62,68)(H,63,69)/t45-,46-,47-,48-/m0/s1. The van der Waals surface area contributed by atoms with Gasteiger partial charge in [-0.1, -0.05) is 101 Å². The Bertz CT molecular complexity index is 2660. The minimum absolute atomic E-state index is 0.0947. The molecule has 3 spiro atoms. The molecule has 5 aromatic rings. The highest BCUT2D eigenvalue weighted by molar-refractivity contribution is 5.88. The van der Waals surface area contributed by atoms with E-state index in [1.54, 1.807) is 0 Å². The largest absolute Gasteiger partial charge is 0.453 e. The van der Waals surface area contributed by atoms with Crippen molar-refractivity contribution in [3.8, 4) is 44.8 Å². The van der Waals surface area contributed by atoms with Crippen molar-refractivity contribution in [3.05, 3.63) is 95.8 Å². The number of carbonyl (C=O) groups is 4. The number of methoxy groups -OCH3 is 2. The van der Waals surface area contributed by atoms with Gasteiger partial charge in [-0.15, -0.1) is 0 Å². The number of hydrogen-bond donors (Lipinski definition) is 4. The number of ether oxygens (including phenoxy) is 2. The lowest BCUT2D eigenvalue weighted by molar-refractivity contribution is -0.136. The van der Waals surface area contributed by atoms with E-state index in [-0.39, 0.29) is 46.6 Å². The number of hydrogen-bond acceptors (Lipinski definition) is 8. The van der Waals surface area contributed by atoms with Crippen LogP contribution in [-0.2, 0) is 31.9 Å². The van der Waals surface area contributed by atoms with Gasteiger partial charge in [-0.3, -0.25) is 9.59 Å². The van der Waals surface area contributed by atoms with E-state index in [9.17, 15) is 19.2 Å². The average molecular weight is 961 g/mol. The second kappa shape index (κ2) is 18.0. The van der Waals surface area contributed by atoms with Gasteiger partial charge in [0.25, 0.3) is 0 Å². The average Bonchev–Trinajstić information content (AvgIpc) is 3.80. The maximum absolute atomic E-state index is 14.0. The fourth-order valence-corrected chi connectivity index (χ4v) is 12.8. The number of imidazole rings is 2. The van der Waals surface area contributed by atoms with Gasteiger partial charge >= 0.3 is 12.2 Å². The zero-order chi connectivity index (χ0) is 49.4. The first kappa shape index (κ1) is 46.9. The predicted molar refractivity (Wildman–Crippen MR) is 271 cm³/mol. The van der Waals surface area contributed by atoms with Crippen molar-refractivity contribution in [1.82, 2.24) is 40.4 Å². The molecule has 4 amide bonds. The normalized spacial score (nSPS) is 21.8. The highest BCUT2D eigenvalue weighted by Crippen LogP contribution is 2.60. The van der Waals surface area contributed by atoms with Gasteiger partial charge in [0.05, 0.1) is 50.1 Å². The van der Waals surface area contributed by atoms with Gasteiger partial charge in [-0.25, -0.2) is 19.6 Å². The molecule has 4 heterocycles. The van der Waals surface area contributed by atoms with E-state index in [0.29, 0.717) is 18.5 Å². The SMILES string of the molecule is COC(=O)N[C@H](C(=O)N1CC2(CC2)C[C@H]1c1ncc(-c2ccc(-c3ccc(-c4ccc(-c5cnc([C@@H]6CC7(CC7)CN6C(=O)[C@@H](NC(=O)OC)C(C)C)[nH]5)cc4)c4c3CC3(CCCC3)C4)cc2)[nH]1)C(C)C. The number of aromatic nitrogens is 4. The molecule has 2 aliphatic heterocycles. The van der Waals surface area contributed by atoms with Gasteiger partial charge in [0.15, 0.2) is 0 Å². The topological polar surface area (TPSA) is 175 Å². The molecule has 14 heteroatoms. The Morgan fingerprint density at radius 3 is 1.30 bits per heavy atom. The summed E-state index contributed by atoms with van der Waals surface area (Å²) in [6.45, 7) is 9.10. The molecular weight excluding hydrogens is 893 g/mol. The summed E-state index contributed by atoms with van der Waals surface area (Å²) in [5, 5.41) is 5.56. The van der Waals surface area contributed by atoms with Crippen LogP contribution in [-0.4, -0.2) is 93.1 Å². The molecule has 0 bridgehead atoms. The molecule has 71 heavy (non-hydrogen) atoms. The third kappa shape index (κ3) is 8.79. The quantitative estimate of drug-likeness (QED) is 0.0956. The lowest BCUT2D eigenvalue weighted by Gasteiger charge is -2.30. The van der Waals surface area contributed by atoms with Crippen LogP contribution in [0.5, 0.6) is 0 Å². The molecule has 3 saturated carbocycles. The van der Waals surface area contributed by atoms with Gasteiger partial charge in [0.1, 0.15) is 23.7 Å². The number of likely N-dealkylation sites (tertiary alicyclic amines) is 2.